The monoisotopic (exact) mass is 322 g/mol. The standard InChI is InChI=1S/C17H26N2O4/c1-18-15(21)10-13-16(22)17(23)14(11-20)19(13)9-5-8-12-6-3-2-4-7-12/h2-4,6-7,13-14,16-17,20,22-23H,5,8-11H2,1H3,(H,18,21)/t13?,14-,16+,17-/m1/s1. The zero-order valence-electron chi connectivity index (χ0n) is 13.4. The third kappa shape index (κ3) is 4.29. The molecule has 6 heteroatoms. The first-order valence-electron chi connectivity index (χ1n) is 8.05. The second-order valence-corrected chi connectivity index (χ2v) is 6.00. The van der Waals surface area contributed by atoms with Gasteiger partial charge in [0, 0.05) is 19.5 Å². The molecule has 0 aliphatic carbocycles. The minimum Gasteiger partial charge on any atom is -0.395 e. The van der Waals surface area contributed by atoms with Crippen molar-refractivity contribution in [3.63, 3.8) is 0 Å². The van der Waals surface area contributed by atoms with Gasteiger partial charge in [-0.25, -0.2) is 0 Å². The first-order chi connectivity index (χ1) is 11.1. The van der Waals surface area contributed by atoms with Gasteiger partial charge < -0.3 is 20.6 Å². The molecule has 1 aromatic rings. The Kier molecular flexibility index (Phi) is 6.53. The van der Waals surface area contributed by atoms with Gasteiger partial charge in [0.25, 0.3) is 0 Å². The number of carbonyl (C=O) groups is 1. The van der Waals surface area contributed by atoms with Crippen LogP contribution in [0.4, 0.5) is 0 Å². The lowest BCUT2D eigenvalue weighted by atomic mass is 10.1. The Hall–Kier alpha value is -1.47. The van der Waals surface area contributed by atoms with E-state index in [9.17, 15) is 20.1 Å². The zero-order valence-corrected chi connectivity index (χ0v) is 13.4. The number of carbonyl (C=O) groups excluding carboxylic acids is 1. The van der Waals surface area contributed by atoms with Gasteiger partial charge in [-0.2, -0.15) is 0 Å². The van der Waals surface area contributed by atoms with Crippen molar-refractivity contribution in [3.05, 3.63) is 35.9 Å². The van der Waals surface area contributed by atoms with Crippen molar-refractivity contribution < 1.29 is 20.1 Å². The molecule has 4 atom stereocenters. The minimum atomic E-state index is -1.04. The number of nitrogens with one attached hydrogen (secondary N) is 1. The summed E-state index contributed by atoms with van der Waals surface area (Å²) in [7, 11) is 1.55. The molecule has 1 aromatic carbocycles. The van der Waals surface area contributed by atoms with Gasteiger partial charge in [0.2, 0.25) is 5.91 Å². The molecule has 128 valence electrons. The number of rotatable bonds is 7. The number of aliphatic hydroxyl groups is 3. The van der Waals surface area contributed by atoms with Crippen LogP contribution in [-0.4, -0.2) is 70.6 Å². The molecule has 0 saturated carbocycles. The molecule has 1 fully saturated rings. The summed E-state index contributed by atoms with van der Waals surface area (Å²) in [5.41, 5.74) is 1.22. The van der Waals surface area contributed by atoms with Gasteiger partial charge in [0.15, 0.2) is 0 Å². The average molecular weight is 322 g/mol. The van der Waals surface area contributed by atoms with Crippen LogP contribution in [0.5, 0.6) is 0 Å². The van der Waals surface area contributed by atoms with Gasteiger partial charge in [-0.1, -0.05) is 30.3 Å². The van der Waals surface area contributed by atoms with Crippen molar-refractivity contribution in [1.82, 2.24) is 10.2 Å². The van der Waals surface area contributed by atoms with E-state index in [1.807, 2.05) is 23.1 Å². The minimum absolute atomic E-state index is 0.108. The van der Waals surface area contributed by atoms with Crippen molar-refractivity contribution in [2.24, 2.45) is 0 Å². The Labute approximate surface area is 136 Å². The molecular formula is C17H26N2O4. The highest BCUT2D eigenvalue weighted by Gasteiger charge is 2.47. The fourth-order valence-corrected chi connectivity index (χ4v) is 3.28. The molecule has 1 amide bonds. The van der Waals surface area contributed by atoms with Crippen LogP contribution < -0.4 is 5.32 Å². The number of benzene rings is 1. The maximum Gasteiger partial charge on any atom is 0.221 e. The van der Waals surface area contributed by atoms with E-state index in [0.29, 0.717) is 6.54 Å². The lowest BCUT2D eigenvalue weighted by Crippen LogP contribution is -2.44. The van der Waals surface area contributed by atoms with Crippen LogP contribution >= 0.6 is 0 Å². The molecule has 6 nitrogen and oxygen atoms in total. The van der Waals surface area contributed by atoms with E-state index in [0.717, 1.165) is 12.8 Å². The van der Waals surface area contributed by atoms with Crippen LogP contribution in [0.25, 0.3) is 0 Å². The van der Waals surface area contributed by atoms with Crippen LogP contribution in [-0.2, 0) is 11.2 Å². The second-order valence-electron chi connectivity index (χ2n) is 6.00. The van der Waals surface area contributed by atoms with Crippen molar-refractivity contribution in [2.75, 3.05) is 20.2 Å². The molecule has 1 aliphatic heterocycles. The second kappa shape index (κ2) is 8.40. The topological polar surface area (TPSA) is 93.0 Å². The van der Waals surface area contributed by atoms with Crippen LogP contribution in [0, 0.1) is 0 Å². The highest BCUT2D eigenvalue weighted by molar-refractivity contribution is 5.76. The normalized spacial score (nSPS) is 28.0. The Morgan fingerprint density at radius 3 is 2.43 bits per heavy atom. The molecule has 23 heavy (non-hydrogen) atoms. The molecule has 1 aliphatic rings. The van der Waals surface area contributed by atoms with Gasteiger partial charge in [-0.3, -0.25) is 9.69 Å². The van der Waals surface area contributed by atoms with Crippen LogP contribution in [0.15, 0.2) is 30.3 Å². The summed E-state index contributed by atoms with van der Waals surface area (Å²) in [4.78, 5) is 13.5. The number of likely N-dealkylation sites (tertiary alicyclic amines) is 1. The van der Waals surface area contributed by atoms with Gasteiger partial charge >= 0.3 is 0 Å². The number of aliphatic hydroxyl groups excluding tert-OH is 3. The maximum absolute atomic E-state index is 11.7. The fraction of sp³-hybridized carbons (Fsp3) is 0.588. The first kappa shape index (κ1) is 17.9. The summed E-state index contributed by atoms with van der Waals surface area (Å²) < 4.78 is 0. The molecular weight excluding hydrogens is 296 g/mol. The third-order valence-electron chi connectivity index (χ3n) is 4.58. The molecule has 0 radical (unpaired) electrons. The van der Waals surface area contributed by atoms with E-state index in [-0.39, 0.29) is 18.9 Å². The van der Waals surface area contributed by atoms with Crippen LogP contribution in [0.1, 0.15) is 18.4 Å². The Morgan fingerprint density at radius 2 is 1.83 bits per heavy atom. The van der Waals surface area contributed by atoms with Gasteiger partial charge in [0.05, 0.1) is 24.9 Å². The van der Waals surface area contributed by atoms with E-state index < -0.39 is 24.3 Å². The van der Waals surface area contributed by atoms with Gasteiger partial charge in [-0.15, -0.1) is 0 Å². The number of nitrogens with zero attached hydrogens (tertiary/aromatic N) is 1. The summed E-state index contributed by atoms with van der Waals surface area (Å²) in [6.45, 7) is 0.365. The third-order valence-corrected chi connectivity index (χ3v) is 4.58. The molecule has 1 heterocycles. The molecule has 0 aromatic heterocycles. The smallest absolute Gasteiger partial charge is 0.221 e. The molecule has 2 rings (SSSR count). The molecule has 0 spiro atoms. The van der Waals surface area contributed by atoms with E-state index >= 15 is 0 Å². The summed E-state index contributed by atoms with van der Waals surface area (Å²) in [5, 5.41) is 32.4. The highest BCUT2D eigenvalue weighted by atomic mass is 16.3. The summed E-state index contributed by atoms with van der Waals surface area (Å²) in [5.74, 6) is -0.187. The maximum atomic E-state index is 11.7. The van der Waals surface area contributed by atoms with Gasteiger partial charge in [0.1, 0.15) is 0 Å². The average Bonchev–Trinajstić information content (AvgIpc) is 2.80. The van der Waals surface area contributed by atoms with Crippen LogP contribution in [0.3, 0.4) is 0 Å². The Morgan fingerprint density at radius 1 is 1.17 bits per heavy atom. The predicted octanol–water partition coefficient (Wildman–Crippen LogP) is -0.478. The number of hydrogen-bond acceptors (Lipinski definition) is 5. The molecule has 4 N–H and O–H groups in total. The first-order valence-corrected chi connectivity index (χ1v) is 8.05. The molecule has 1 saturated heterocycles. The Bertz CT molecular complexity index is 497. The van der Waals surface area contributed by atoms with E-state index in [1.165, 1.54) is 5.56 Å². The van der Waals surface area contributed by atoms with Crippen molar-refractivity contribution in [1.29, 1.82) is 0 Å². The van der Waals surface area contributed by atoms with Crippen molar-refractivity contribution in [2.45, 2.75) is 43.6 Å². The lowest BCUT2D eigenvalue weighted by molar-refractivity contribution is -0.122. The lowest BCUT2D eigenvalue weighted by Gasteiger charge is -2.29. The fourth-order valence-electron chi connectivity index (χ4n) is 3.28. The number of amides is 1. The van der Waals surface area contributed by atoms with E-state index in [1.54, 1.807) is 7.05 Å². The molecule has 1 unspecified atom stereocenters. The Balaban J connectivity index is 2.00. The summed E-state index contributed by atoms with van der Waals surface area (Å²) in [6.07, 6.45) is -0.262. The zero-order chi connectivity index (χ0) is 16.8. The summed E-state index contributed by atoms with van der Waals surface area (Å²) in [6, 6.07) is 9.05. The van der Waals surface area contributed by atoms with Gasteiger partial charge in [-0.05, 0) is 24.9 Å². The highest BCUT2D eigenvalue weighted by Crippen LogP contribution is 2.27. The largest absolute Gasteiger partial charge is 0.395 e. The summed E-state index contributed by atoms with van der Waals surface area (Å²) >= 11 is 0. The predicted molar refractivity (Wildman–Crippen MR) is 86.8 cm³/mol. The van der Waals surface area contributed by atoms with Crippen molar-refractivity contribution >= 4 is 5.91 Å². The van der Waals surface area contributed by atoms with Crippen molar-refractivity contribution in [3.8, 4) is 0 Å². The van der Waals surface area contributed by atoms with E-state index in [2.05, 4.69) is 17.4 Å². The van der Waals surface area contributed by atoms with E-state index in [4.69, 9.17) is 0 Å². The number of hydrogen-bond donors (Lipinski definition) is 4. The SMILES string of the molecule is CNC(=O)CC1[C@H](O)[C@H](O)[C@@H](CO)N1CCCc1ccccc1. The van der Waals surface area contributed by atoms with Crippen LogP contribution in [0.2, 0.25) is 0 Å². The molecule has 0 bridgehead atoms. The quantitative estimate of drug-likeness (QED) is 0.544. The number of aryl methyl sites for hydroxylation is 1.